The summed E-state index contributed by atoms with van der Waals surface area (Å²) >= 11 is 0. The molecule has 48 heavy (non-hydrogen) atoms. The van der Waals surface area contributed by atoms with Gasteiger partial charge in [-0.3, -0.25) is 19.3 Å². The summed E-state index contributed by atoms with van der Waals surface area (Å²) in [6, 6.07) is 19.0. The number of benzene rings is 3. The summed E-state index contributed by atoms with van der Waals surface area (Å²) in [4.78, 5) is 53.4. The molecular weight excluding hydrogens is 627 g/mol. The normalized spacial score (nSPS) is 16.2. The lowest BCUT2D eigenvalue weighted by Crippen LogP contribution is -2.55. The zero-order valence-corrected chi connectivity index (χ0v) is 26.2. The van der Waals surface area contributed by atoms with E-state index in [9.17, 15) is 32.3 Å². The van der Waals surface area contributed by atoms with E-state index in [4.69, 9.17) is 0 Å². The molecule has 4 aromatic rings. The Kier molecular flexibility index (Phi) is 9.78. The van der Waals surface area contributed by atoms with E-state index >= 15 is 0 Å². The number of nitrogens with zero attached hydrogens (tertiary/aromatic N) is 3. The number of ether oxygens (including phenoxy) is 1. The lowest BCUT2D eigenvalue weighted by atomic mass is 9.81. The molecule has 5 rings (SSSR count). The van der Waals surface area contributed by atoms with Crippen molar-refractivity contribution in [1.82, 2.24) is 20.4 Å². The maximum atomic E-state index is 14.3. The summed E-state index contributed by atoms with van der Waals surface area (Å²) in [5, 5.41) is 10.1. The van der Waals surface area contributed by atoms with Gasteiger partial charge in [0.1, 0.15) is 11.9 Å². The molecule has 13 heteroatoms. The predicted molar refractivity (Wildman–Crippen MR) is 174 cm³/mol. The molecule has 0 spiro atoms. The SMILES string of the molecule is CCN1C(=O)[C@H](NC(=O)c2cccc(C(F)(F)F)c2)[C@@H](c2cccc(CNC(=O)/C(C)=C/C(=O)OC)c2)c2cnn(-c3ccccc3)c21.[HH].[HH]. The van der Waals surface area contributed by atoms with Crippen LogP contribution in [-0.2, 0) is 31.8 Å². The van der Waals surface area contributed by atoms with Crippen LogP contribution in [0.3, 0.4) is 0 Å². The second-order valence-corrected chi connectivity index (χ2v) is 11.0. The molecule has 252 valence electrons. The number of carbonyl (C=O) groups is 4. The second kappa shape index (κ2) is 14.0. The minimum absolute atomic E-state index is 0. The molecule has 0 saturated heterocycles. The number of likely N-dealkylation sites (N-methyl/N-ethyl adjacent to an activating group) is 1. The van der Waals surface area contributed by atoms with E-state index in [0.29, 0.717) is 28.2 Å². The van der Waals surface area contributed by atoms with Crippen molar-refractivity contribution in [3.63, 3.8) is 0 Å². The van der Waals surface area contributed by atoms with Crippen molar-refractivity contribution in [2.75, 3.05) is 18.6 Å². The van der Waals surface area contributed by atoms with Gasteiger partial charge in [-0.05, 0) is 55.3 Å². The maximum absolute atomic E-state index is 14.3. The van der Waals surface area contributed by atoms with Crippen molar-refractivity contribution >= 4 is 29.5 Å². The molecule has 2 heterocycles. The Balaban J connectivity index is 0.00000338. The molecule has 0 aliphatic carbocycles. The number of rotatable bonds is 9. The summed E-state index contributed by atoms with van der Waals surface area (Å²) in [6.07, 6.45) is -1.98. The first kappa shape index (κ1) is 33.6. The quantitative estimate of drug-likeness (QED) is 0.182. The number of anilines is 1. The Labute approximate surface area is 277 Å². The number of aromatic nitrogens is 2. The molecule has 1 aliphatic heterocycles. The van der Waals surface area contributed by atoms with E-state index in [-0.39, 0.29) is 27.1 Å². The number of hydrogen-bond acceptors (Lipinski definition) is 6. The fourth-order valence-electron chi connectivity index (χ4n) is 5.60. The van der Waals surface area contributed by atoms with Crippen molar-refractivity contribution < 1.29 is 39.9 Å². The molecule has 1 aromatic heterocycles. The number of halogens is 3. The highest BCUT2D eigenvalue weighted by atomic mass is 19.4. The van der Waals surface area contributed by atoms with Gasteiger partial charge in [0.2, 0.25) is 5.91 Å². The van der Waals surface area contributed by atoms with Crippen LogP contribution in [0.5, 0.6) is 0 Å². The summed E-state index contributed by atoms with van der Waals surface area (Å²) < 4.78 is 46.6. The molecule has 10 nitrogen and oxygen atoms in total. The van der Waals surface area contributed by atoms with Crippen LogP contribution >= 0.6 is 0 Å². The van der Waals surface area contributed by atoms with Crippen LogP contribution in [0.4, 0.5) is 19.0 Å². The Morgan fingerprint density at radius 3 is 2.44 bits per heavy atom. The number of amides is 3. The molecule has 2 atom stereocenters. The molecule has 0 fully saturated rings. The van der Waals surface area contributed by atoms with Gasteiger partial charge in [-0.2, -0.15) is 18.3 Å². The summed E-state index contributed by atoms with van der Waals surface area (Å²) in [5.74, 6) is -2.80. The predicted octanol–water partition coefficient (Wildman–Crippen LogP) is 5.42. The van der Waals surface area contributed by atoms with Crippen LogP contribution in [0.25, 0.3) is 5.69 Å². The van der Waals surface area contributed by atoms with Gasteiger partial charge in [0.05, 0.1) is 24.6 Å². The number of alkyl halides is 3. The van der Waals surface area contributed by atoms with Gasteiger partial charge >= 0.3 is 12.1 Å². The van der Waals surface area contributed by atoms with E-state index in [1.807, 2.05) is 30.3 Å². The van der Waals surface area contributed by atoms with Crippen molar-refractivity contribution in [3.8, 4) is 5.69 Å². The van der Waals surface area contributed by atoms with Gasteiger partial charge in [0.15, 0.2) is 0 Å². The van der Waals surface area contributed by atoms with E-state index < -0.39 is 47.4 Å². The lowest BCUT2D eigenvalue weighted by Gasteiger charge is -2.38. The third kappa shape index (κ3) is 6.99. The van der Waals surface area contributed by atoms with Gasteiger partial charge < -0.3 is 15.4 Å². The molecule has 0 unspecified atom stereocenters. The van der Waals surface area contributed by atoms with E-state index in [1.165, 1.54) is 25.0 Å². The molecule has 1 aliphatic rings. The number of nitrogens with one attached hydrogen (secondary N) is 2. The van der Waals surface area contributed by atoms with E-state index in [0.717, 1.165) is 24.3 Å². The molecule has 0 saturated carbocycles. The van der Waals surface area contributed by atoms with Gasteiger partial charge in [-0.1, -0.05) is 48.5 Å². The maximum Gasteiger partial charge on any atom is 0.416 e. The zero-order chi connectivity index (χ0) is 34.6. The molecule has 3 aromatic carbocycles. The topological polar surface area (TPSA) is 123 Å². The number of esters is 1. The number of para-hydroxylation sites is 1. The van der Waals surface area contributed by atoms with Crippen molar-refractivity contribution in [1.29, 1.82) is 0 Å². The minimum atomic E-state index is -4.66. The monoisotopic (exact) mass is 663 g/mol. The van der Waals surface area contributed by atoms with Crippen molar-refractivity contribution in [3.05, 3.63) is 125 Å². The van der Waals surface area contributed by atoms with Crippen LogP contribution < -0.4 is 15.5 Å². The molecular formula is C35H36F3N5O5. The average Bonchev–Trinajstić information content (AvgIpc) is 3.52. The van der Waals surface area contributed by atoms with Gasteiger partial charge in [0.25, 0.3) is 11.8 Å². The Hall–Kier alpha value is -5.72. The minimum Gasteiger partial charge on any atom is -0.466 e. The van der Waals surface area contributed by atoms with Gasteiger partial charge in [-0.15, -0.1) is 0 Å². The summed E-state index contributed by atoms with van der Waals surface area (Å²) in [6.45, 7) is 3.53. The highest BCUT2D eigenvalue weighted by Gasteiger charge is 2.44. The Morgan fingerprint density at radius 1 is 1.02 bits per heavy atom. The largest absolute Gasteiger partial charge is 0.466 e. The summed E-state index contributed by atoms with van der Waals surface area (Å²) in [5.41, 5.74) is 1.44. The van der Waals surface area contributed by atoms with Crippen LogP contribution in [0.15, 0.2) is 96.7 Å². The molecule has 3 amide bonds. The first-order chi connectivity index (χ1) is 22.9. The third-order valence-corrected chi connectivity index (χ3v) is 7.94. The smallest absolute Gasteiger partial charge is 0.416 e. The summed E-state index contributed by atoms with van der Waals surface area (Å²) in [7, 11) is 1.20. The van der Waals surface area contributed by atoms with Crippen LogP contribution in [-0.4, -0.2) is 53.2 Å². The number of hydrogen-bond donors (Lipinski definition) is 2. The molecule has 2 N–H and O–H groups in total. The average molecular weight is 664 g/mol. The first-order valence-corrected chi connectivity index (χ1v) is 15.0. The van der Waals surface area contributed by atoms with E-state index in [2.05, 4.69) is 20.5 Å². The van der Waals surface area contributed by atoms with Crippen LogP contribution in [0.2, 0.25) is 0 Å². The lowest BCUT2D eigenvalue weighted by molar-refractivity contribution is -0.137. The number of methoxy groups -OCH3 is 1. The second-order valence-electron chi connectivity index (χ2n) is 11.0. The number of fused-ring (bicyclic) bond motifs is 1. The molecule has 0 radical (unpaired) electrons. The van der Waals surface area contributed by atoms with Crippen LogP contribution in [0.1, 0.15) is 55.2 Å². The Morgan fingerprint density at radius 2 is 1.75 bits per heavy atom. The zero-order valence-electron chi connectivity index (χ0n) is 26.2. The highest BCUT2D eigenvalue weighted by Crippen LogP contribution is 2.41. The standard InChI is InChI=1S/C35H32F3N5O5.2H2/c1-4-42-33-27(20-40-43(33)26-14-6-5-7-15-26)29(23-11-8-10-22(17-23)19-39-31(45)21(2)16-28(44)48-3)30(34(42)47)41-32(46)24-12-9-13-25(18-24)35(36,37)38;;/h5-18,20,29-30H,4,19H2,1-3H3,(H,39,45)(H,41,46);2*1H/b21-16+;;/t29-,30+;;/m0../s1. The Bertz CT molecular complexity index is 1900. The van der Waals surface area contributed by atoms with Crippen molar-refractivity contribution in [2.45, 2.75) is 38.5 Å². The third-order valence-electron chi connectivity index (χ3n) is 7.94. The fourth-order valence-corrected chi connectivity index (χ4v) is 5.60. The van der Waals surface area contributed by atoms with E-state index in [1.54, 1.807) is 42.1 Å². The first-order valence-electron chi connectivity index (χ1n) is 15.0. The van der Waals surface area contributed by atoms with Crippen molar-refractivity contribution in [2.24, 2.45) is 0 Å². The fraction of sp³-hybridized carbons (Fsp3) is 0.229. The van der Waals surface area contributed by atoms with Gasteiger partial charge in [-0.25, -0.2) is 9.48 Å². The van der Waals surface area contributed by atoms with Gasteiger partial charge in [0, 0.05) is 44.6 Å². The van der Waals surface area contributed by atoms with Crippen LogP contribution in [0, 0.1) is 0 Å². The number of carbonyl (C=O) groups excluding carboxylic acids is 4. The highest BCUT2D eigenvalue weighted by molar-refractivity contribution is 6.05. The molecule has 0 bridgehead atoms.